The summed E-state index contributed by atoms with van der Waals surface area (Å²) in [4.78, 5) is 14.3. The van der Waals surface area contributed by atoms with E-state index in [1.165, 1.54) is 6.07 Å². The van der Waals surface area contributed by atoms with Crippen LogP contribution in [-0.2, 0) is 20.1 Å². The van der Waals surface area contributed by atoms with E-state index >= 15 is 0 Å². The highest BCUT2D eigenvalue weighted by atomic mass is 19.1. The van der Waals surface area contributed by atoms with Crippen molar-refractivity contribution in [3.63, 3.8) is 0 Å². The molecule has 2 aromatic rings. The molecule has 1 aliphatic heterocycles. The summed E-state index contributed by atoms with van der Waals surface area (Å²) in [6.45, 7) is 2.86. The Morgan fingerprint density at radius 2 is 1.96 bits per heavy atom. The fourth-order valence-electron chi connectivity index (χ4n) is 3.19. The van der Waals surface area contributed by atoms with Crippen molar-refractivity contribution in [1.29, 1.82) is 0 Å². The molecule has 1 fully saturated rings. The van der Waals surface area contributed by atoms with Crippen LogP contribution in [0.5, 0.6) is 0 Å². The average Bonchev–Trinajstić information content (AvgIpc) is 3.02. The van der Waals surface area contributed by atoms with E-state index < -0.39 is 0 Å². The number of nitrogens with zero attached hydrogens (tertiary/aromatic N) is 2. The van der Waals surface area contributed by atoms with Crippen LogP contribution < -0.4 is 10.6 Å². The Kier molecular flexibility index (Phi) is 5.71. The van der Waals surface area contributed by atoms with Crippen LogP contribution in [0.2, 0.25) is 0 Å². The first-order chi connectivity index (χ1) is 12.1. The third kappa shape index (κ3) is 4.82. The van der Waals surface area contributed by atoms with Crippen molar-refractivity contribution in [2.24, 2.45) is 7.05 Å². The molecular formula is C19H25FN4O. The lowest BCUT2D eigenvalue weighted by molar-refractivity contribution is 0.185. The van der Waals surface area contributed by atoms with E-state index in [-0.39, 0.29) is 17.9 Å². The molecule has 3 rings (SSSR count). The summed E-state index contributed by atoms with van der Waals surface area (Å²) in [5.41, 5.74) is 1.80. The van der Waals surface area contributed by atoms with Crippen molar-refractivity contribution >= 4 is 6.03 Å². The second-order valence-corrected chi connectivity index (χ2v) is 6.58. The van der Waals surface area contributed by atoms with E-state index in [0.29, 0.717) is 13.1 Å². The molecular weight excluding hydrogens is 319 g/mol. The minimum absolute atomic E-state index is 0.131. The summed E-state index contributed by atoms with van der Waals surface area (Å²) in [5.74, 6) is -0.150. The van der Waals surface area contributed by atoms with Gasteiger partial charge >= 0.3 is 6.03 Å². The number of hydrogen-bond donors (Lipinski definition) is 2. The van der Waals surface area contributed by atoms with Crippen LogP contribution in [0.25, 0.3) is 0 Å². The van der Waals surface area contributed by atoms with Gasteiger partial charge in [0.25, 0.3) is 0 Å². The van der Waals surface area contributed by atoms with Gasteiger partial charge in [0.2, 0.25) is 0 Å². The Morgan fingerprint density at radius 3 is 2.64 bits per heavy atom. The number of rotatable bonds is 5. The van der Waals surface area contributed by atoms with Crippen LogP contribution in [0.4, 0.5) is 9.18 Å². The first-order valence-corrected chi connectivity index (χ1v) is 8.72. The van der Waals surface area contributed by atoms with Crippen molar-refractivity contribution in [2.45, 2.75) is 32.0 Å². The van der Waals surface area contributed by atoms with Gasteiger partial charge in [-0.2, -0.15) is 0 Å². The van der Waals surface area contributed by atoms with Crippen LogP contribution in [-0.4, -0.2) is 34.6 Å². The third-order valence-corrected chi connectivity index (χ3v) is 4.76. The highest BCUT2D eigenvalue weighted by molar-refractivity contribution is 5.74. The molecule has 5 nitrogen and oxygen atoms in total. The quantitative estimate of drug-likeness (QED) is 0.876. The van der Waals surface area contributed by atoms with Crippen LogP contribution in [0, 0.1) is 5.82 Å². The van der Waals surface area contributed by atoms with Crippen LogP contribution >= 0.6 is 0 Å². The molecule has 1 aromatic heterocycles. The SMILES string of the molecule is Cn1cccc1CNC(=O)NC1CCN(Cc2ccccc2F)CC1. The molecule has 0 unspecified atom stereocenters. The monoisotopic (exact) mass is 344 g/mol. The lowest BCUT2D eigenvalue weighted by Crippen LogP contribution is -2.47. The number of nitrogens with one attached hydrogen (secondary N) is 2. The van der Waals surface area contributed by atoms with Crippen molar-refractivity contribution in [1.82, 2.24) is 20.1 Å². The predicted molar refractivity (Wildman–Crippen MR) is 95.5 cm³/mol. The molecule has 0 atom stereocenters. The summed E-state index contributed by atoms with van der Waals surface area (Å²) in [7, 11) is 1.96. The van der Waals surface area contributed by atoms with E-state index in [0.717, 1.165) is 37.2 Å². The fourth-order valence-corrected chi connectivity index (χ4v) is 3.19. The molecule has 2 N–H and O–H groups in total. The third-order valence-electron chi connectivity index (χ3n) is 4.76. The van der Waals surface area contributed by atoms with Crippen molar-refractivity contribution in [2.75, 3.05) is 13.1 Å². The van der Waals surface area contributed by atoms with Crippen molar-refractivity contribution < 1.29 is 9.18 Å². The van der Waals surface area contributed by atoms with E-state index in [2.05, 4.69) is 15.5 Å². The number of urea groups is 1. The number of carbonyl (C=O) groups excluding carboxylic acids is 1. The fraction of sp³-hybridized carbons (Fsp3) is 0.421. The number of halogens is 1. The molecule has 25 heavy (non-hydrogen) atoms. The summed E-state index contributed by atoms with van der Waals surface area (Å²) in [5, 5.41) is 5.93. The second kappa shape index (κ2) is 8.16. The molecule has 0 saturated carbocycles. The summed E-state index contributed by atoms with van der Waals surface area (Å²) in [6, 6.07) is 10.9. The van der Waals surface area contributed by atoms with Crippen LogP contribution in [0.1, 0.15) is 24.1 Å². The largest absolute Gasteiger partial charge is 0.353 e. The molecule has 0 radical (unpaired) electrons. The van der Waals surface area contributed by atoms with Gasteiger partial charge in [-0.15, -0.1) is 0 Å². The average molecular weight is 344 g/mol. The summed E-state index contributed by atoms with van der Waals surface area (Å²) < 4.78 is 15.7. The van der Waals surface area contributed by atoms with Crippen LogP contribution in [0.3, 0.4) is 0 Å². The molecule has 134 valence electrons. The van der Waals surface area contributed by atoms with Gasteiger partial charge < -0.3 is 15.2 Å². The topological polar surface area (TPSA) is 49.3 Å². The predicted octanol–water partition coefficient (Wildman–Crippen LogP) is 2.63. The van der Waals surface area contributed by atoms with Gasteiger partial charge in [0.05, 0.1) is 6.54 Å². The van der Waals surface area contributed by atoms with Gasteiger partial charge in [0, 0.05) is 50.2 Å². The number of hydrogen-bond acceptors (Lipinski definition) is 2. The maximum Gasteiger partial charge on any atom is 0.315 e. The van der Waals surface area contributed by atoms with Gasteiger partial charge in [-0.25, -0.2) is 9.18 Å². The zero-order chi connectivity index (χ0) is 17.6. The normalized spacial score (nSPS) is 15.9. The molecule has 2 heterocycles. The Labute approximate surface area is 147 Å². The van der Waals surface area contributed by atoms with E-state index in [9.17, 15) is 9.18 Å². The van der Waals surface area contributed by atoms with Gasteiger partial charge in [0.15, 0.2) is 0 Å². The van der Waals surface area contributed by atoms with Crippen LogP contribution in [0.15, 0.2) is 42.6 Å². The highest BCUT2D eigenvalue weighted by Gasteiger charge is 2.21. The first kappa shape index (κ1) is 17.5. The van der Waals surface area contributed by atoms with Gasteiger partial charge in [-0.3, -0.25) is 4.90 Å². The highest BCUT2D eigenvalue weighted by Crippen LogP contribution is 2.15. The molecule has 0 spiro atoms. The molecule has 1 aromatic carbocycles. The van der Waals surface area contributed by atoms with Crippen molar-refractivity contribution in [3.8, 4) is 0 Å². The molecule has 1 saturated heterocycles. The van der Waals surface area contributed by atoms with Crippen molar-refractivity contribution in [3.05, 3.63) is 59.7 Å². The minimum atomic E-state index is -0.150. The number of amides is 2. The van der Waals surface area contributed by atoms with Gasteiger partial charge in [0.1, 0.15) is 5.82 Å². The first-order valence-electron chi connectivity index (χ1n) is 8.72. The number of aromatic nitrogens is 1. The second-order valence-electron chi connectivity index (χ2n) is 6.58. The lowest BCUT2D eigenvalue weighted by Gasteiger charge is -2.32. The lowest BCUT2D eigenvalue weighted by atomic mass is 10.0. The summed E-state index contributed by atoms with van der Waals surface area (Å²) >= 11 is 0. The molecule has 2 amide bonds. The van der Waals surface area contributed by atoms with Gasteiger partial charge in [-0.1, -0.05) is 18.2 Å². The molecule has 6 heteroatoms. The van der Waals surface area contributed by atoms with E-state index in [1.54, 1.807) is 6.07 Å². The zero-order valence-electron chi connectivity index (χ0n) is 14.5. The maximum atomic E-state index is 13.7. The Balaban J connectivity index is 1.39. The van der Waals surface area contributed by atoms with E-state index in [4.69, 9.17) is 0 Å². The Bertz CT molecular complexity index is 707. The number of benzene rings is 1. The van der Waals surface area contributed by atoms with E-state index in [1.807, 2.05) is 42.1 Å². The number of piperidine rings is 1. The minimum Gasteiger partial charge on any atom is -0.353 e. The number of aryl methyl sites for hydroxylation is 1. The summed E-state index contributed by atoms with van der Waals surface area (Å²) in [6.07, 6.45) is 3.72. The molecule has 0 aliphatic carbocycles. The molecule has 1 aliphatic rings. The maximum absolute atomic E-state index is 13.7. The Morgan fingerprint density at radius 1 is 1.20 bits per heavy atom. The smallest absolute Gasteiger partial charge is 0.315 e. The zero-order valence-corrected chi connectivity index (χ0v) is 14.5. The number of carbonyl (C=O) groups is 1. The Hall–Kier alpha value is -2.34. The number of likely N-dealkylation sites (tertiary alicyclic amines) is 1. The molecule has 0 bridgehead atoms. The standard InChI is InChI=1S/C19H25FN4O/c1-23-10-4-6-17(23)13-21-19(25)22-16-8-11-24(12-9-16)14-15-5-2-3-7-18(15)20/h2-7,10,16H,8-9,11-14H2,1H3,(H2,21,22,25). The van der Waals surface area contributed by atoms with Gasteiger partial charge in [-0.05, 0) is 31.0 Å².